The zero-order valence-corrected chi connectivity index (χ0v) is 8.04. The summed E-state index contributed by atoms with van der Waals surface area (Å²) in [6.45, 7) is 0.623. The second kappa shape index (κ2) is 4.05. The Morgan fingerprint density at radius 3 is 3.10 bits per heavy atom. The normalized spacial score (nSPS) is 10.2. The predicted molar refractivity (Wildman–Crippen MR) is 45.5 cm³/mol. The Morgan fingerprint density at radius 1 is 1.80 bits per heavy atom. The number of halogens is 1. The van der Waals surface area contributed by atoms with Gasteiger partial charge < -0.3 is 4.74 Å². The van der Waals surface area contributed by atoms with Crippen molar-refractivity contribution in [3.63, 3.8) is 0 Å². The van der Waals surface area contributed by atoms with Gasteiger partial charge in [0.1, 0.15) is 5.01 Å². The summed E-state index contributed by atoms with van der Waals surface area (Å²) in [5.41, 5.74) is 1.08. The standard InChI is InChI=1S/C6H8BrNOS/c1-9-3-6-8-5(2-7)4-10-6/h4H,2-3H2,1H3. The van der Waals surface area contributed by atoms with Crippen molar-refractivity contribution >= 4 is 27.3 Å². The van der Waals surface area contributed by atoms with Gasteiger partial charge in [0.05, 0.1) is 12.3 Å². The van der Waals surface area contributed by atoms with Crippen LogP contribution in [0.15, 0.2) is 5.38 Å². The van der Waals surface area contributed by atoms with Crippen LogP contribution >= 0.6 is 27.3 Å². The Labute approximate surface area is 72.4 Å². The lowest BCUT2D eigenvalue weighted by Crippen LogP contribution is -1.85. The molecule has 1 rings (SSSR count). The van der Waals surface area contributed by atoms with Crippen LogP contribution in [0.2, 0.25) is 0 Å². The molecule has 0 atom stereocenters. The van der Waals surface area contributed by atoms with Crippen molar-refractivity contribution in [2.75, 3.05) is 7.11 Å². The van der Waals surface area contributed by atoms with Gasteiger partial charge in [0.15, 0.2) is 0 Å². The van der Waals surface area contributed by atoms with Crippen LogP contribution in [0.5, 0.6) is 0 Å². The first-order valence-corrected chi connectivity index (χ1v) is 4.85. The highest BCUT2D eigenvalue weighted by molar-refractivity contribution is 9.08. The molecular formula is C6H8BrNOS. The zero-order chi connectivity index (χ0) is 7.40. The molecule has 0 saturated carbocycles. The smallest absolute Gasteiger partial charge is 0.119 e. The molecule has 0 fully saturated rings. The average molecular weight is 222 g/mol. The van der Waals surface area contributed by atoms with E-state index in [1.54, 1.807) is 18.4 Å². The number of hydrogen-bond acceptors (Lipinski definition) is 3. The summed E-state index contributed by atoms with van der Waals surface area (Å²) in [6, 6.07) is 0. The first kappa shape index (κ1) is 8.17. The number of methoxy groups -OCH3 is 1. The molecule has 0 N–H and O–H groups in total. The zero-order valence-electron chi connectivity index (χ0n) is 5.63. The number of thiazole rings is 1. The highest BCUT2D eigenvalue weighted by Crippen LogP contribution is 2.12. The monoisotopic (exact) mass is 221 g/mol. The Balaban J connectivity index is 2.59. The molecule has 0 unspecified atom stereocenters. The average Bonchev–Trinajstić information content (AvgIpc) is 2.37. The van der Waals surface area contributed by atoms with E-state index < -0.39 is 0 Å². The summed E-state index contributed by atoms with van der Waals surface area (Å²) in [5, 5.41) is 3.90. The minimum Gasteiger partial charge on any atom is -0.378 e. The Morgan fingerprint density at radius 2 is 2.60 bits per heavy atom. The highest BCUT2D eigenvalue weighted by Gasteiger charge is 1.98. The Hall–Kier alpha value is 0.0700. The van der Waals surface area contributed by atoms with E-state index in [0.717, 1.165) is 16.0 Å². The van der Waals surface area contributed by atoms with Crippen molar-refractivity contribution < 1.29 is 4.74 Å². The Kier molecular flexibility index (Phi) is 3.31. The molecule has 2 nitrogen and oxygen atoms in total. The molecule has 1 aromatic heterocycles. The fraction of sp³-hybridized carbons (Fsp3) is 0.500. The van der Waals surface area contributed by atoms with Gasteiger partial charge in [-0.25, -0.2) is 4.98 Å². The van der Waals surface area contributed by atoms with Crippen molar-refractivity contribution in [1.82, 2.24) is 4.98 Å². The van der Waals surface area contributed by atoms with E-state index >= 15 is 0 Å². The summed E-state index contributed by atoms with van der Waals surface area (Å²) in [5.74, 6) is 0. The fourth-order valence-electron chi connectivity index (χ4n) is 0.600. The lowest BCUT2D eigenvalue weighted by atomic mass is 10.6. The molecule has 1 aromatic rings. The summed E-state index contributed by atoms with van der Waals surface area (Å²) < 4.78 is 4.92. The largest absolute Gasteiger partial charge is 0.378 e. The maximum atomic E-state index is 4.92. The van der Waals surface area contributed by atoms with Gasteiger partial charge in [-0.2, -0.15) is 0 Å². The van der Waals surface area contributed by atoms with Gasteiger partial charge in [0, 0.05) is 17.8 Å². The second-order valence-electron chi connectivity index (χ2n) is 1.80. The third-order valence-corrected chi connectivity index (χ3v) is 2.45. The number of alkyl halides is 1. The van der Waals surface area contributed by atoms with Crippen molar-refractivity contribution in [2.24, 2.45) is 0 Å². The molecule has 0 aliphatic rings. The van der Waals surface area contributed by atoms with Gasteiger partial charge in [0.25, 0.3) is 0 Å². The fourth-order valence-corrected chi connectivity index (χ4v) is 1.87. The highest BCUT2D eigenvalue weighted by atomic mass is 79.9. The quantitative estimate of drug-likeness (QED) is 0.731. The second-order valence-corrected chi connectivity index (χ2v) is 3.30. The van der Waals surface area contributed by atoms with E-state index in [4.69, 9.17) is 4.74 Å². The first-order chi connectivity index (χ1) is 4.86. The SMILES string of the molecule is COCc1nc(CBr)cs1. The molecule has 1 heterocycles. The van der Waals surface area contributed by atoms with E-state index in [1.807, 2.05) is 5.38 Å². The van der Waals surface area contributed by atoms with Crippen LogP contribution in [-0.2, 0) is 16.7 Å². The molecule has 0 aliphatic carbocycles. The molecule has 56 valence electrons. The third kappa shape index (κ3) is 2.04. The van der Waals surface area contributed by atoms with Crippen LogP contribution in [0.1, 0.15) is 10.7 Å². The van der Waals surface area contributed by atoms with Gasteiger partial charge in [-0.15, -0.1) is 11.3 Å². The minimum atomic E-state index is 0.623. The van der Waals surface area contributed by atoms with Crippen molar-refractivity contribution in [3.05, 3.63) is 16.1 Å². The minimum absolute atomic E-state index is 0.623. The molecular weight excluding hydrogens is 214 g/mol. The van der Waals surface area contributed by atoms with Gasteiger partial charge in [-0.1, -0.05) is 15.9 Å². The van der Waals surface area contributed by atoms with Crippen molar-refractivity contribution in [1.29, 1.82) is 0 Å². The maximum Gasteiger partial charge on any atom is 0.119 e. The van der Waals surface area contributed by atoms with Crippen LogP contribution in [-0.4, -0.2) is 12.1 Å². The number of ether oxygens (including phenoxy) is 1. The summed E-state index contributed by atoms with van der Waals surface area (Å²) in [7, 11) is 1.68. The molecule has 10 heavy (non-hydrogen) atoms. The van der Waals surface area contributed by atoms with Crippen molar-refractivity contribution in [3.8, 4) is 0 Å². The van der Waals surface area contributed by atoms with Gasteiger partial charge in [0.2, 0.25) is 0 Å². The van der Waals surface area contributed by atoms with Crippen LogP contribution < -0.4 is 0 Å². The maximum absolute atomic E-state index is 4.92. The van der Waals surface area contributed by atoms with E-state index in [9.17, 15) is 0 Å². The predicted octanol–water partition coefficient (Wildman–Crippen LogP) is 2.18. The van der Waals surface area contributed by atoms with E-state index in [1.165, 1.54) is 0 Å². The van der Waals surface area contributed by atoms with Gasteiger partial charge in [-0.3, -0.25) is 0 Å². The lowest BCUT2D eigenvalue weighted by Gasteiger charge is -1.89. The van der Waals surface area contributed by atoms with E-state index in [2.05, 4.69) is 20.9 Å². The van der Waals surface area contributed by atoms with Crippen molar-refractivity contribution in [2.45, 2.75) is 11.9 Å². The molecule has 0 aromatic carbocycles. The van der Waals surface area contributed by atoms with E-state index in [-0.39, 0.29) is 0 Å². The van der Waals surface area contributed by atoms with Gasteiger partial charge >= 0.3 is 0 Å². The molecule has 0 radical (unpaired) electrons. The van der Waals surface area contributed by atoms with Gasteiger partial charge in [-0.05, 0) is 0 Å². The molecule has 0 aliphatic heterocycles. The molecule has 0 saturated heterocycles. The molecule has 0 spiro atoms. The summed E-state index contributed by atoms with van der Waals surface area (Å²) in [4.78, 5) is 4.27. The first-order valence-electron chi connectivity index (χ1n) is 2.85. The number of rotatable bonds is 3. The van der Waals surface area contributed by atoms with E-state index in [0.29, 0.717) is 6.61 Å². The summed E-state index contributed by atoms with van der Waals surface area (Å²) in [6.07, 6.45) is 0. The molecule has 0 bridgehead atoms. The lowest BCUT2D eigenvalue weighted by molar-refractivity contribution is 0.184. The number of nitrogens with zero attached hydrogens (tertiary/aromatic N) is 1. The molecule has 4 heteroatoms. The topological polar surface area (TPSA) is 22.1 Å². The van der Waals surface area contributed by atoms with Crippen LogP contribution in [0.4, 0.5) is 0 Å². The van der Waals surface area contributed by atoms with Crippen LogP contribution in [0.25, 0.3) is 0 Å². The third-order valence-electron chi connectivity index (χ3n) is 1.00. The number of hydrogen-bond donors (Lipinski definition) is 0. The molecule has 0 amide bonds. The number of aromatic nitrogens is 1. The van der Waals surface area contributed by atoms with Crippen LogP contribution in [0, 0.1) is 0 Å². The summed E-state index contributed by atoms with van der Waals surface area (Å²) >= 11 is 4.96. The Bertz CT molecular complexity index is 201. The van der Waals surface area contributed by atoms with Crippen LogP contribution in [0.3, 0.4) is 0 Å².